The smallest absolute Gasteiger partial charge is 0.399 e. The second-order valence-electron chi connectivity index (χ2n) is 6.08. The van der Waals surface area contributed by atoms with Crippen molar-refractivity contribution in [3.8, 4) is 0 Å². The summed E-state index contributed by atoms with van der Waals surface area (Å²) >= 11 is 0. The molecule has 0 amide bonds. The van der Waals surface area contributed by atoms with Crippen LogP contribution < -0.4 is 5.46 Å². The lowest BCUT2D eigenvalue weighted by Crippen LogP contribution is -2.41. The topological polar surface area (TPSA) is 61.6 Å². The molecule has 1 saturated heterocycles. The average Bonchev–Trinajstić information content (AvgIpc) is 2.57. The molecule has 1 heterocycles. The fraction of sp³-hybridized carbons (Fsp3) is 0.571. The van der Waals surface area contributed by atoms with Crippen molar-refractivity contribution in [3.63, 3.8) is 0 Å². The van der Waals surface area contributed by atoms with Crippen molar-refractivity contribution in [1.82, 2.24) is 0 Å². The number of nitrogens with zero attached hydrogens (tertiary/aromatic N) is 1. The number of nitro groups is 1. The number of hydrogen-bond donors (Lipinski definition) is 0. The second-order valence-corrected chi connectivity index (χ2v) is 6.08. The molecule has 2 rings (SSSR count). The van der Waals surface area contributed by atoms with Gasteiger partial charge in [-0.25, -0.2) is 0 Å². The minimum absolute atomic E-state index is 0.0992. The molecule has 20 heavy (non-hydrogen) atoms. The summed E-state index contributed by atoms with van der Waals surface area (Å²) in [7, 11) is -0.476. The van der Waals surface area contributed by atoms with E-state index in [0.717, 1.165) is 11.0 Å². The van der Waals surface area contributed by atoms with Gasteiger partial charge < -0.3 is 9.31 Å². The van der Waals surface area contributed by atoms with Gasteiger partial charge >= 0.3 is 7.12 Å². The summed E-state index contributed by atoms with van der Waals surface area (Å²) in [5, 5.41) is 10.9. The molecule has 1 fully saturated rings. The van der Waals surface area contributed by atoms with E-state index < -0.39 is 18.3 Å². The first-order valence-corrected chi connectivity index (χ1v) is 6.81. The lowest BCUT2D eigenvalue weighted by molar-refractivity contribution is -0.384. The Morgan fingerprint density at radius 3 is 2.20 bits per heavy atom. The van der Waals surface area contributed by atoms with Gasteiger partial charge in [-0.15, -0.1) is 0 Å². The lowest BCUT2D eigenvalue weighted by atomic mass is 9.75. The summed E-state index contributed by atoms with van der Waals surface area (Å²) in [6.45, 7) is 9.93. The standard InChI is InChI=1S/C14H20BNO4/c1-6-10-9-11(16(17)18)7-8-12(10)15-19-13(2,3)14(4,5)20-15/h7-9H,6H2,1-5H3. The van der Waals surface area contributed by atoms with Crippen LogP contribution in [0.15, 0.2) is 18.2 Å². The molecule has 0 saturated carbocycles. The van der Waals surface area contributed by atoms with Gasteiger partial charge in [-0.3, -0.25) is 10.1 Å². The Bertz CT molecular complexity index is 526. The molecule has 0 aromatic heterocycles. The van der Waals surface area contributed by atoms with Crippen LogP contribution >= 0.6 is 0 Å². The normalized spacial score (nSPS) is 20.1. The fourth-order valence-corrected chi connectivity index (χ4v) is 2.21. The highest BCUT2D eigenvalue weighted by Gasteiger charge is 2.52. The maximum absolute atomic E-state index is 10.9. The van der Waals surface area contributed by atoms with Crippen LogP contribution in [0.2, 0.25) is 0 Å². The molecule has 0 bridgehead atoms. The van der Waals surface area contributed by atoms with Crippen LogP contribution in [-0.4, -0.2) is 23.2 Å². The van der Waals surface area contributed by atoms with Gasteiger partial charge in [0.2, 0.25) is 0 Å². The molecular formula is C14H20BNO4. The lowest BCUT2D eigenvalue weighted by Gasteiger charge is -2.32. The Labute approximate surface area is 119 Å². The van der Waals surface area contributed by atoms with Crippen LogP contribution in [0.5, 0.6) is 0 Å². The Morgan fingerprint density at radius 2 is 1.75 bits per heavy atom. The van der Waals surface area contributed by atoms with E-state index in [9.17, 15) is 10.1 Å². The van der Waals surface area contributed by atoms with Gasteiger partial charge in [-0.05, 0) is 45.1 Å². The van der Waals surface area contributed by atoms with Gasteiger partial charge in [-0.2, -0.15) is 0 Å². The highest BCUT2D eigenvalue weighted by atomic mass is 16.7. The van der Waals surface area contributed by atoms with E-state index in [-0.39, 0.29) is 10.6 Å². The Balaban J connectivity index is 2.37. The molecular weight excluding hydrogens is 257 g/mol. The van der Waals surface area contributed by atoms with Crippen molar-refractivity contribution in [2.75, 3.05) is 0 Å². The highest BCUT2D eigenvalue weighted by Crippen LogP contribution is 2.36. The van der Waals surface area contributed by atoms with Crippen molar-refractivity contribution in [3.05, 3.63) is 33.9 Å². The molecule has 5 nitrogen and oxygen atoms in total. The summed E-state index contributed by atoms with van der Waals surface area (Å²) in [6, 6.07) is 4.83. The highest BCUT2D eigenvalue weighted by molar-refractivity contribution is 6.62. The number of aryl methyl sites for hydroxylation is 1. The Morgan fingerprint density at radius 1 is 1.20 bits per heavy atom. The number of nitro benzene ring substituents is 1. The zero-order valence-corrected chi connectivity index (χ0v) is 12.6. The minimum atomic E-state index is -0.476. The first kappa shape index (κ1) is 15.0. The van der Waals surface area contributed by atoms with Crippen LogP contribution in [0.25, 0.3) is 0 Å². The van der Waals surface area contributed by atoms with Crippen LogP contribution in [0, 0.1) is 10.1 Å². The van der Waals surface area contributed by atoms with Crippen molar-refractivity contribution in [2.45, 2.75) is 52.2 Å². The third kappa shape index (κ3) is 2.45. The summed E-state index contributed by atoms with van der Waals surface area (Å²) in [5.41, 5.74) is 1.03. The summed E-state index contributed by atoms with van der Waals surface area (Å²) in [6.07, 6.45) is 0.696. The first-order valence-electron chi connectivity index (χ1n) is 6.81. The van der Waals surface area contributed by atoms with Crippen molar-refractivity contribution >= 4 is 18.3 Å². The van der Waals surface area contributed by atoms with Crippen LogP contribution in [0.3, 0.4) is 0 Å². The van der Waals surface area contributed by atoms with E-state index in [1.807, 2.05) is 34.6 Å². The van der Waals surface area contributed by atoms with Crippen LogP contribution in [-0.2, 0) is 15.7 Å². The molecule has 1 aromatic rings. The van der Waals surface area contributed by atoms with Crippen LogP contribution in [0.4, 0.5) is 5.69 Å². The van der Waals surface area contributed by atoms with Gasteiger partial charge in [0.05, 0.1) is 16.1 Å². The number of benzene rings is 1. The largest absolute Gasteiger partial charge is 0.495 e. The maximum Gasteiger partial charge on any atom is 0.495 e. The number of hydrogen-bond acceptors (Lipinski definition) is 4. The SMILES string of the molecule is CCc1cc([N+](=O)[O-])ccc1B1OC(C)(C)C(C)(C)O1. The first-order chi connectivity index (χ1) is 9.18. The average molecular weight is 277 g/mol. The van der Waals surface area contributed by atoms with Crippen LogP contribution in [0.1, 0.15) is 40.2 Å². The second kappa shape index (κ2) is 4.86. The quantitative estimate of drug-likeness (QED) is 0.483. The van der Waals surface area contributed by atoms with E-state index in [4.69, 9.17) is 9.31 Å². The van der Waals surface area contributed by atoms with E-state index in [0.29, 0.717) is 6.42 Å². The molecule has 0 radical (unpaired) electrons. The Hall–Kier alpha value is -1.40. The van der Waals surface area contributed by atoms with Crippen molar-refractivity contribution in [2.24, 2.45) is 0 Å². The molecule has 0 N–H and O–H groups in total. The Kier molecular flexibility index (Phi) is 3.65. The molecule has 1 aromatic carbocycles. The van der Waals surface area contributed by atoms with Gasteiger partial charge in [0.1, 0.15) is 0 Å². The molecule has 108 valence electrons. The zero-order chi connectivity index (χ0) is 15.1. The van der Waals surface area contributed by atoms with E-state index >= 15 is 0 Å². The predicted octanol–water partition coefficient (Wildman–Crippen LogP) is 2.46. The maximum atomic E-state index is 10.9. The van der Waals surface area contributed by atoms with Crippen molar-refractivity contribution < 1.29 is 14.2 Å². The molecule has 0 unspecified atom stereocenters. The van der Waals surface area contributed by atoms with Gasteiger partial charge in [0.25, 0.3) is 5.69 Å². The molecule has 0 spiro atoms. The third-order valence-electron chi connectivity index (χ3n) is 4.23. The summed E-state index contributed by atoms with van der Waals surface area (Å²) in [5.74, 6) is 0. The van der Waals surface area contributed by atoms with E-state index in [2.05, 4.69) is 0 Å². The summed E-state index contributed by atoms with van der Waals surface area (Å²) in [4.78, 5) is 10.5. The molecule has 0 aliphatic carbocycles. The van der Waals surface area contributed by atoms with E-state index in [1.54, 1.807) is 12.1 Å². The molecule has 0 atom stereocenters. The number of rotatable bonds is 3. The molecule has 6 heteroatoms. The van der Waals surface area contributed by atoms with Gasteiger partial charge in [0, 0.05) is 12.1 Å². The molecule has 1 aliphatic heterocycles. The van der Waals surface area contributed by atoms with Crippen molar-refractivity contribution in [1.29, 1.82) is 0 Å². The van der Waals surface area contributed by atoms with E-state index in [1.165, 1.54) is 6.07 Å². The van der Waals surface area contributed by atoms with Gasteiger partial charge in [0.15, 0.2) is 0 Å². The zero-order valence-electron chi connectivity index (χ0n) is 12.6. The predicted molar refractivity (Wildman–Crippen MR) is 78.2 cm³/mol. The fourth-order valence-electron chi connectivity index (χ4n) is 2.21. The van der Waals surface area contributed by atoms with Gasteiger partial charge in [-0.1, -0.05) is 13.0 Å². The number of non-ortho nitro benzene ring substituents is 1. The monoisotopic (exact) mass is 277 g/mol. The third-order valence-corrected chi connectivity index (χ3v) is 4.23. The summed E-state index contributed by atoms with van der Waals surface area (Å²) < 4.78 is 12.0. The minimum Gasteiger partial charge on any atom is -0.399 e. The molecule has 1 aliphatic rings.